The molecule has 0 saturated heterocycles. The van der Waals surface area contributed by atoms with E-state index in [-0.39, 0.29) is 34.0 Å². The number of anilines is 3. The van der Waals surface area contributed by atoms with Crippen molar-refractivity contribution in [1.82, 2.24) is 9.55 Å². The Morgan fingerprint density at radius 2 is 1.97 bits per heavy atom. The van der Waals surface area contributed by atoms with Gasteiger partial charge in [-0.05, 0) is 49.1 Å². The second-order valence-corrected chi connectivity index (χ2v) is 8.90. The normalized spacial score (nSPS) is 14.2. The highest BCUT2D eigenvalue weighted by Gasteiger charge is 2.29. The lowest BCUT2D eigenvalue weighted by Gasteiger charge is -2.14. The Bertz CT molecular complexity index is 1270. The fourth-order valence-corrected chi connectivity index (χ4v) is 4.51. The molecule has 1 aliphatic rings. The predicted molar refractivity (Wildman–Crippen MR) is 107 cm³/mol. The zero-order valence-electron chi connectivity index (χ0n) is 15.4. The third-order valence-corrected chi connectivity index (χ3v) is 6.14. The van der Waals surface area contributed by atoms with Crippen molar-refractivity contribution in [3.05, 3.63) is 58.6 Å². The van der Waals surface area contributed by atoms with E-state index in [2.05, 4.69) is 15.0 Å². The van der Waals surface area contributed by atoms with Crippen LogP contribution in [0.15, 0.2) is 41.5 Å². The van der Waals surface area contributed by atoms with E-state index in [0.717, 1.165) is 25.0 Å². The molecule has 0 bridgehead atoms. The fourth-order valence-electron chi connectivity index (χ4n) is 2.98. The summed E-state index contributed by atoms with van der Waals surface area (Å²) >= 11 is 0. The summed E-state index contributed by atoms with van der Waals surface area (Å²) < 4.78 is 56.9. The van der Waals surface area contributed by atoms with Crippen molar-refractivity contribution in [3.8, 4) is 0 Å². The summed E-state index contributed by atoms with van der Waals surface area (Å²) in [5.74, 6) is -1.97. The minimum atomic E-state index is -3.73. The summed E-state index contributed by atoms with van der Waals surface area (Å²) in [5, 5.41) is 2.88. The van der Waals surface area contributed by atoms with Crippen LogP contribution in [-0.4, -0.2) is 23.7 Å². The SMILES string of the molecule is Cn1cnc2ccc(Nc3c(F)ccc(NS(=O)(=O)CC4CC4)c3F)cc2c1=O. The standard InChI is InChI=1S/C19H18F2N4O3S/c1-25-10-22-15-6-4-12(8-13(15)19(25)26)23-18-14(20)5-7-16(17(18)21)24-29(27,28)9-11-2-3-11/h4-8,10-11,23-24H,2-3,9H2,1H3. The van der Waals surface area contributed by atoms with Crippen LogP contribution < -0.4 is 15.6 Å². The van der Waals surface area contributed by atoms with Gasteiger partial charge in [0.25, 0.3) is 5.56 Å². The van der Waals surface area contributed by atoms with Crippen LogP contribution in [-0.2, 0) is 17.1 Å². The first-order chi connectivity index (χ1) is 13.7. The van der Waals surface area contributed by atoms with Crippen LogP contribution in [0.2, 0.25) is 0 Å². The number of sulfonamides is 1. The van der Waals surface area contributed by atoms with Crippen LogP contribution in [0.4, 0.5) is 25.8 Å². The largest absolute Gasteiger partial charge is 0.351 e. The van der Waals surface area contributed by atoms with Gasteiger partial charge in [-0.3, -0.25) is 9.52 Å². The predicted octanol–water partition coefficient (Wildman–Crippen LogP) is 3.11. The molecule has 1 saturated carbocycles. The van der Waals surface area contributed by atoms with Gasteiger partial charge < -0.3 is 9.88 Å². The van der Waals surface area contributed by atoms with Gasteiger partial charge in [-0.2, -0.15) is 0 Å². The summed E-state index contributed by atoms with van der Waals surface area (Å²) in [4.78, 5) is 16.4. The number of halogens is 2. The van der Waals surface area contributed by atoms with Gasteiger partial charge in [0.1, 0.15) is 11.5 Å². The molecule has 2 N–H and O–H groups in total. The third-order valence-electron chi connectivity index (χ3n) is 4.70. The summed E-state index contributed by atoms with van der Waals surface area (Å²) in [7, 11) is -2.18. The molecule has 7 nitrogen and oxygen atoms in total. The first kappa shape index (κ1) is 19.3. The van der Waals surface area contributed by atoms with E-state index in [9.17, 15) is 22.0 Å². The third kappa shape index (κ3) is 4.07. The monoisotopic (exact) mass is 420 g/mol. The molecule has 152 valence electrons. The molecule has 0 amide bonds. The van der Waals surface area contributed by atoms with Gasteiger partial charge in [0.2, 0.25) is 10.0 Å². The van der Waals surface area contributed by atoms with Crippen molar-refractivity contribution in [2.45, 2.75) is 12.8 Å². The summed E-state index contributed by atoms with van der Waals surface area (Å²) in [5.41, 5.74) is -0.453. The van der Waals surface area contributed by atoms with Gasteiger partial charge in [-0.15, -0.1) is 0 Å². The molecule has 0 spiro atoms. The molecular weight excluding hydrogens is 402 g/mol. The highest BCUT2D eigenvalue weighted by Crippen LogP contribution is 2.33. The molecule has 1 fully saturated rings. The molecule has 4 rings (SSSR count). The lowest BCUT2D eigenvalue weighted by atomic mass is 10.2. The van der Waals surface area contributed by atoms with Crippen molar-refractivity contribution in [2.24, 2.45) is 13.0 Å². The first-order valence-corrected chi connectivity index (χ1v) is 10.6. The average molecular weight is 420 g/mol. The lowest BCUT2D eigenvalue weighted by Crippen LogP contribution is -2.19. The van der Waals surface area contributed by atoms with Gasteiger partial charge in [0, 0.05) is 12.7 Å². The Balaban J connectivity index is 1.67. The summed E-state index contributed by atoms with van der Waals surface area (Å²) in [6, 6.07) is 6.53. The van der Waals surface area contributed by atoms with Crippen molar-refractivity contribution in [2.75, 3.05) is 15.8 Å². The van der Waals surface area contributed by atoms with Crippen LogP contribution in [0.5, 0.6) is 0 Å². The molecule has 1 aliphatic carbocycles. The molecule has 0 unspecified atom stereocenters. The number of benzene rings is 2. The van der Waals surface area contributed by atoms with Crippen LogP contribution in [0.1, 0.15) is 12.8 Å². The maximum Gasteiger partial charge on any atom is 0.260 e. The van der Waals surface area contributed by atoms with Crippen molar-refractivity contribution in [3.63, 3.8) is 0 Å². The Labute approximate surface area is 165 Å². The molecule has 0 radical (unpaired) electrons. The van der Waals surface area contributed by atoms with E-state index in [4.69, 9.17) is 0 Å². The molecule has 2 aromatic carbocycles. The van der Waals surface area contributed by atoms with Gasteiger partial charge in [-0.1, -0.05) is 0 Å². The quantitative estimate of drug-likeness (QED) is 0.639. The fraction of sp³-hybridized carbons (Fsp3) is 0.263. The number of aryl methyl sites for hydroxylation is 1. The molecular formula is C19H18F2N4O3S. The number of hydrogen-bond donors (Lipinski definition) is 2. The molecule has 0 atom stereocenters. The van der Waals surface area contributed by atoms with Crippen molar-refractivity contribution < 1.29 is 17.2 Å². The average Bonchev–Trinajstić information content (AvgIpc) is 3.47. The minimum Gasteiger partial charge on any atom is -0.351 e. The molecule has 1 aromatic heterocycles. The Hall–Kier alpha value is -3.01. The van der Waals surface area contributed by atoms with E-state index in [1.54, 1.807) is 13.1 Å². The number of nitrogens with one attached hydrogen (secondary N) is 2. The van der Waals surface area contributed by atoms with E-state index < -0.39 is 27.3 Å². The van der Waals surface area contributed by atoms with Gasteiger partial charge in [-0.25, -0.2) is 22.2 Å². The van der Waals surface area contributed by atoms with Crippen LogP contribution >= 0.6 is 0 Å². The zero-order valence-corrected chi connectivity index (χ0v) is 16.3. The van der Waals surface area contributed by atoms with Crippen LogP contribution in [0.3, 0.4) is 0 Å². The second-order valence-electron chi connectivity index (χ2n) is 7.13. The first-order valence-electron chi connectivity index (χ1n) is 8.94. The van der Waals surface area contributed by atoms with E-state index in [1.807, 2.05) is 0 Å². The molecule has 10 heteroatoms. The molecule has 0 aliphatic heterocycles. The smallest absolute Gasteiger partial charge is 0.260 e. The van der Waals surface area contributed by atoms with E-state index in [0.29, 0.717) is 5.52 Å². The highest BCUT2D eigenvalue weighted by atomic mass is 32.2. The Kier molecular flexibility index (Phi) is 4.73. The number of nitrogens with zero attached hydrogens (tertiary/aromatic N) is 2. The van der Waals surface area contributed by atoms with Gasteiger partial charge >= 0.3 is 0 Å². The van der Waals surface area contributed by atoms with E-state index >= 15 is 0 Å². The molecule has 1 heterocycles. The minimum absolute atomic E-state index is 0.0856. The summed E-state index contributed by atoms with van der Waals surface area (Å²) in [6.07, 6.45) is 3.04. The maximum atomic E-state index is 14.9. The van der Waals surface area contributed by atoms with Crippen LogP contribution in [0, 0.1) is 17.6 Å². The van der Waals surface area contributed by atoms with Crippen molar-refractivity contribution >= 4 is 38.0 Å². The molecule has 29 heavy (non-hydrogen) atoms. The summed E-state index contributed by atoms with van der Waals surface area (Å²) in [6.45, 7) is 0. The number of rotatable bonds is 6. The second kappa shape index (κ2) is 7.11. The number of fused-ring (bicyclic) bond motifs is 1. The van der Waals surface area contributed by atoms with Gasteiger partial charge in [0.05, 0.1) is 28.7 Å². The zero-order chi connectivity index (χ0) is 20.8. The topological polar surface area (TPSA) is 93.1 Å². The number of hydrogen-bond acceptors (Lipinski definition) is 5. The van der Waals surface area contributed by atoms with Crippen LogP contribution in [0.25, 0.3) is 10.9 Å². The van der Waals surface area contributed by atoms with Gasteiger partial charge in [0.15, 0.2) is 5.82 Å². The number of aromatic nitrogens is 2. The highest BCUT2D eigenvalue weighted by molar-refractivity contribution is 7.92. The lowest BCUT2D eigenvalue weighted by molar-refractivity contribution is 0.587. The molecule has 3 aromatic rings. The Morgan fingerprint density at radius 3 is 2.69 bits per heavy atom. The Morgan fingerprint density at radius 1 is 1.21 bits per heavy atom. The maximum absolute atomic E-state index is 14.9. The van der Waals surface area contributed by atoms with E-state index in [1.165, 1.54) is 23.0 Å². The van der Waals surface area contributed by atoms with Crippen molar-refractivity contribution in [1.29, 1.82) is 0 Å².